The maximum absolute atomic E-state index is 14.2. The molecule has 3 fully saturated rings. The summed E-state index contributed by atoms with van der Waals surface area (Å²) in [5.74, 6) is -2.41. The van der Waals surface area contributed by atoms with Crippen LogP contribution in [0.4, 0.5) is 13.2 Å². The van der Waals surface area contributed by atoms with Gasteiger partial charge in [0, 0.05) is 23.3 Å². The van der Waals surface area contributed by atoms with Crippen LogP contribution >= 0.6 is 0 Å². The third-order valence-electron chi connectivity index (χ3n) is 10.8. The summed E-state index contributed by atoms with van der Waals surface area (Å²) < 4.78 is 80.3. The lowest BCUT2D eigenvalue weighted by Crippen LogP contribution is -2.57. The summed E-state index contributed by atoms with van der Waals surface area (Å²) in [6, 6.07) is 9.35. The lowest BCUT2D eigenvalue weighted by Gasteiger charge is -2.28. The summed E-state index contributed by atoms with van der Waals surface area (Å²) in [5.41, 5.74) is 5.28. The number of carbonyl (C=O) groups excluding carboxylic acids is 3. The smallest absolute Gasteiger partial charge is 0.416 e. The van der Waals surface area contributed by atoms with Gasteiger partial charge in [-0.05, 0) is 62.8 Å². The molecule has 4 aliphatic rings. The predicted octanol–water partition coefficient (Wildman–Crippen LogP) is 4.74. The molecule has 2 aliphatic heterocycles. The number of ether oxygens (including phenoxy) is 1. The average Bonchev–Trinajstić information content (AvgIpc) is 4.05. The van der Waals surface area contributed by atoms with Crippen LogP contribution in [0.5, 0.6) is 5.88 Å². The molecule has 8 rings (SSSR count). The fourth-order valence-corrected chi connectivity index (χ4v) is 8.85. The Morgan fingerprint density at radius 3 is 2.55 bits per heavy atom. The quantitative estimate of drug-likeness (QED) is 0.231. The van der Waals surface area contributed by atoms with Crippen molar-refractivity contribution in [2.75, 3.05) is 6.54 Å². The number of allylic oxidation sites excluding steroid dienone is 1. The summed E-state index contributed by atoms with van der Waals surface area (Å²) >= 11 is 0. The molecule has 4 N–H and O–H groups in total. The number of carbonyl (C=O) groups is 3. The number of aromatic nitrogens is 2. The molecule has 2 aliphatic carbocycles. The van der Waals surface area contributed by atoms with Crippen molar-refractivity contribution in [3.8, 4) is 17.3 Å². The van der Waals surface area contributed by atoms with Gasteiger partial charge in [-0.15, -0.1) is 0 Å². The summed E-state index contributed by atoms with van der Waals surface area (Å²) in [7, 11) is -3.91. The van der Waals surface area contributed by atoms with Crippen molar-refractivity contribution in [2.45, 2.75) is 92.9 Å². The van der Waals surface area contributed by atoms with Crippen LogP contribution in [-0.2, 0) is 30.6 Å². The predicted molar refractivity (Wildman–Crippen MR) is 194 cm³/mol. The second-order valence-electron chi connectivity index (χ2n) is 14.8. The number of hydrogen-bond donors (Lipinski definition) is 3. The van der Waals surface area contributed by atoms with Crippen molar-refractivity contribution in [2.24, 2.45) is 11.7 Å². The van der Waals surface area contributed by atoms with E-state index in [2.05, 4.69) is 20.0 Å². The number of alkyl halides is 3. The van der Waals surface area contributed by atoms with Gasteiger partial charge >= 0.3 is 6.18 Å². The molecule has 13 nitrogen and oxygen atoms in total. The molecule has 0 unspecified atom stereocenters. The fraction of sp³-hybridized carbons (Fsp3) is 0.447. The van der Waals surface area contributed by atoms with Gasteiger partial charge in [0.15, 0.2) is 5.82 Å². The Labute approximate surface area is 313 Å². The first-order chi connectivity index (χ1) is 26.2. The van der Waals surface area contributed by atoms with Crippen molar-refractivity contribution < 1.29 is 45.1 Å². The standard InChI is InChI=1S/C38H39F3N6O7S/c39-38(40,41)22-14-12-21(13-15-22)32-43-30-26-9-6-7-11-29(26)54-31(30)34(44-32)53-24-18-28-33(48)45-37(36(50)46-55(51,52)25-16-17-25)19-23(37)8-4-2-1-3-5-10-27(42)35(49)47(28)20-24/h4,6-9,11-15,23-25,27-28H,1-3,5,10,16-20,42H2,(H,45,48)(H,46,50)/b8-4-/t23-,24-,27+,28+,37-/m1/s1. The minimum Gasteiger partial charge on any atom is -0.470 e. The van der Waals surface area contributed by atoms with Crippen molar-refractivity contribution in [1.82, 2.24) is 24.9 Å². The number of halogens is 3. The zero-order valence-corrected chi connectivity index (χ0v) is 30.4. The lowest BCUT2D eigenvalue weighted by atomic mass is 10.1. The van der Waals surface area contributed by atoms with Crippen molar-refractivity contribution in [3.05, 3.63) is 66.2 Å². The van der Waals surface area contributed by atoms with Gasteiger partial charge in [-0.2, -0.15) is 18.2 Å². The number of sulfonamides is 1. The number of para-hydroxylation sites is 1. The topological polar surface area (TPSA) is 187 Å². The summed E-state index contributed by atoms with van der Waals surface area (Å²) in [4.78, 5) is 52.3. The van der Waals surface area contributed by atoms with E-state index >= 15 is 0 Å². The number of fused-ring (bicyclic) bond motifs is 5. The third kappa shape index (κ3) is 7.26. The number of benzene rings is 2. The number of nitrogens with two attached hydrogens (primary N) is 1. The van der Waals surface area contributed by atoms with Crippen molar-refractivity contribution >= 4 is 49.8 Å². The van der Waals surface area contributed by atoms with Gasteiger partial charge in [-0.3, -0.25) is 19.1 Å². The van der Waals surface area contributed by atoms with Crippen molar-refractivity contribution in [1.29, 1.82) is 0 Å². The molecular formula is C38H39F3N6O7S. The number of nitrogens with one attached hydrogen (secondary N) is 2. The summed E-state index contributed by atoms with van der Waals surface area (Å²) in [6.45, 7) is -0.0927. The molecule has 3 amide bonds. The van der Waals surface area contributed by atoms with Crippen LogP contribution in [-0.4, -0.2) is 76.5 Å². The van der Waals surface area contributed by atoms with Crippen LogP contribution in [0, 0.1) is 5.92 Å². The molecule has 1 saturated heterocycles. The molecule has 17 heteroatoms. The fourth-order valence-electron chi connectivity index (χ4n) is 7.48. The van der Waals surface area contributed by atoms with Gasteiger partial charge in [-0.25, -0.2) is 13.4 Å². The maximum Gasteiger partial charge on any atom is 0.416 e. The normalized spacial score (nSPS) is 27.1. The summed E-state index contributed by atoms with van der Waals surface area (Å²) in [6.07, 6.45) is 2.78. The molecule has 0 spiro atoms. The molecular weight excluding hydrogens is 742 g/mol. The number of amides is 3. The van der Waals surface area contributed by atoms with E-state index in [1.165, 1.54) is 17.0 Å². The highest BCUT2D eigenvalue weighted by Crippen LogP contribution is 2.46. The van der Waals surface area contributed by atoms with Crippen LogP contribution < -0.4 is 20.5 Å². The highest BCUT2D eigenvalue weighted by atomic mass is 32.2. The first kappa shape index (κ1) is 36.9. The zero-order chi connectivity index (χ0) is 38.7. The van der Waals surface area contributed by atoms with E-state index < -0.39 is 74.4 Å². The van der Waals surface area contributed by atoms with E-state index in [9.17, 15) is 36.0 Å². The number of rotatable bonds is 6. The van der Waals surface area contributed by atoms with Crippen molar-refractivity contribution in [3.63, 3.8) is 0 Å². The van der Waals surface area contributed by atoms with E-state index in [4.69, 9.17) is 14.9 Å². The molecule has 0 bridgehead atoms. The molecule has 55 heavy (non-hydrogen) atoms. The highest BCUT2D eigenvalue weighted by Gasteiger charge is 2.62. The Morgan fingerprint density at radius 2 is 1.80 bits per heavy atom. The number of nitrogens with zero attached hydrogens (tertiary/aromatic N) is 3. The van der Waals surface area contributed by atoms with Crippen LogP contribution in [0.3, 0.4) is 0 Å². The molecule has 4 heterocycles. The van der Waals surface area contributed by atoms with Gasteiger partial charge < -0.3 is 25.1 Å². The minimum atomic E-state index is -4.54. The second-order valence-corrected chi connectivity index (χ2v) is 16.8. The Balaban J connectivity index is 1.12. The van der Waals surface area contributed by atoms with Gasteiger partial charge in [0.1, 0.15) is 28.8 Å². The average molecular weight is 781 g/mol. The molecule has 2 saturated carbocycles. The molecule has 2 aromatic heterocycles. The third-order valence-corrected chi connectivity index (χ3v) is 12.6. The Bertz CT molecular complexity index is 2310. The highest BCUT2D eigenvalue weighted by molar-refractivity contribution is 7.91. The molecule has 5 atom stereocenters. The van der Waals surface area contributed by atoms with E-state index in [0.29, 0.717) is 48.6 Å². The number of hydrogen-bond acceptors (Lipinski definition) is 10. The molecule has 290 valence electrons. The largest absolute Gasteiger partial charge is 0.470 e. The monoisotopic (exact) mass is 780 g/mol. The summed E-state index contributed by atoms with van der Waals surface area (Å²) in [5, 5.41) is 2.78. The van der Waals surface area contributed by atoms with Crippen LogP contribution in [0.1, 0.15) is 63.4 Å². The molecule has 4 aromatic rings. The number of furan rings is 1. The minimum absolute atomic E-state index is 0.0467. The molecule has 2 aromatic carbocycles. The Hall–Kier alpha value is -5.03. The van der Waals surface area contributed by atoms with E-state index in [1.807, 2.05) is 12.2 Å². The first-order valence-electron chi connectivity index (χ1n) is 18.4. The van der Waals surface area contributed by atoms with Crippen LogP contribution in [0.25, 0.3) is 33.5 Å². The van der Waals surface area contributed by atoms with Gasteiger partial charge in [0.25, 0.3) is 11.8 Å². The first-order valence-corrected chi connectivity index (χ1v) is 19.9. The van der Waals surface area contributed by atoms with Gasteiger partial charge in [0.05, 0.1) is 23.4 Å². The Morgan fingerprint density at radius 1 is 1.04 bits per heavy atom. The Kier molecular flexibility index (Phi) is 9.35. The zero-order valence-electron chi connectivity index (χ0n) is 29.6. The SMILES string of the molecule is N[C@H]1CCCCC/C=C\[C@@H]2C[C@@]2(C(=O)NS(=O)(=O)C2CC2)NC(=O)[C@@H]2C[C@@H](Oc3nc(-c4ccc(C(F)(F)F)cc4)nc4c3oc3ccccc34)CN2C1=O. The van der Waals surface area contributed by atoms with E-state index in [-0.39, 0.29) is 42.2 Å². The maximum atomic E-state index is 14.2. The molecule has 0 radical (unpaired) electrons. The van der Waals surface area contributed by atoms with E-state index in [0.717, 1.165) is 25.0 Å². The van der Waals surface area contributed by atoms with Crippen LogP contribution in [0.2, 0.25) is 0 Å². The van der Waals surface area contributed by atoms with E-state index in [1.54, 1.807) is 24.3 Å². The van der Waals surface area contributed by atoms with Gasteiger partial charge in [0.2, 0.25) is 27.4 Å². The lowest BCUT2D eigenvalue weighted by molar-refractivity contribution is -0.140. The van der Waals surface area contributed by atoms with Gasteiger partial charge in [-0.1, -0.05) is 49.3 Å². The van der Waals surface area contributed by atoms with Crippen LogP contribution in [0.15, 0.2) is 65.1 Å². The second kappa shape index (κ2) is 13.9.